The Morgan fingerprint density at radius 2 is 1.80 bits per heavy atom. The lowest BCUT2D eigenvalue weighted by atomic mass is 9.71. The molecule has 3 nitrogen and oxygen atoms in total. The Morgan fingerprint density at radius 3 is 2.32 bits per heavy atom. The Kier molecular flexibility index (Phi) is 6.08. The predicted molar refractivity (Wildman–Crippen MR) is 88.2 cm³/mol. The molecule has 1 aromatic carbocycles. The molecule has 0 aliphatic heterocycles. The highest BCUT2D eigenvalue weighted by Crippen LogP contribution is 2.34. The zero-order chi connectivity index (χ0) is 18.8. The number of alkyl halides is 3. The summed E-state index contributed by atoms with van der Waals surface area (Å²) in [6.07, 6.45) is -3.56. The van der Waals surface area contributed by atoms with Crippen LogP contribution in [0.25, 0.3) is 0 Å². The quantitative estimate of drug-likeness (QED) is 0.575. The van der Waals surface area contributed by atoms with Crippen LogP contribution in [0, 0.1) is 17.8 Å². The van der Waals surface area contributed by atoms with E-state index in [1.807, 2.05) is 0 Å². The highest BCUT2D eigenvalue weighted by atomic mass is 32.2. The van der Waals surface area contributed by atoms with Crippen LogP contribution in [-0.4, -0.2) is 23.1 Å². The number of hydrogen-bond acceptors (Lipinski definition) is 4. The van der Waals surface area contributed by atoms with Crippen molar-refractivity contribution in [2.75, 3.05) is 5.75 Å². The molecule has 1 aliphatic carbocycles. The van der Waals surface area contributed by atoms with Gasteiger partial charge >= 0.3 is 6.18 Å². The summed E-state index contributed by atoms with van der Waals surface area (Å²) >= 11 is 1.39. The summed E-state index contributed by atoms with van der Waals surface area (Å²) in [5.41, 5.74) is -0.691. The van der Waals surface area contributed by atoms with Gasteiger partial charge in [0.15, 0.2) is 11.6 Å². The lowest BCUT2D eigenvalue weighted by Gasteiger charge is -2.30. The maximum absolute atomic E-state index is 12.5. The van der Waals surface area contributed by atoms with E-state index in [0.717, 1.165) is 12.1 Å². The summed E-state index contributed by atoms with van der Waals surface area (Å²) in [4.78, 5) is 36.4. The minimum Gasteiger partial charge on any atom is -0.299 e. The number of halogens is 3. The van der Waals surface area contributed by atoms with Crippen molar-refractivity contribution in [3.63, 3.8) is 0 Å². The topological polar surface area (TPSA) is 51.2 Å². The van der Waals surface area contributed by atoms with E-state index >= 15 is 0 Å². The molecule has 0 spiro atoms. The minimum absolute atomic E-state index is 0.127. The highest BCUT2D eigenvalue weighted by Gasteiger charge is 2.42. The van der Waals surface area contributed by atoms with E-state index in [0.29, 0.717) is 17.1 Å². The number of carbonyl (C=O) groups excluding carboxylic acids is 3. The van der Waals surface area contributed by atoms with Crippen molar-refractivity contribution in [3.05, 3.63) is 29.8 Å². The van der Waals surface area contributed by atoms with Crippen LogP contribution in [0.3, 0.4) is 0 Å². The monoisotopic (exact) mass is 372 g/mol. The maximum atomic E-state index is 12.5. The van der Waals surface area contributed by atoms with Gasteiger partial charge in [0, 0.05) is 17.2 Å². The van der Waals surface area contributed by atoms with Crippen LogP contribution < -0.4 is 0 Å². The van der Waals surface area contributed by atoms with Crippen molar-refractivity contribution < 1.29 is 27.6 Å². The van der Waals surface area contributed by atoms with Crippen molar-refractivity contribution in [1.29, 1.82) is 0 Å². The summed E-state index contributed by atoms with van der Waals surface area (Å²) in [7, 11) is 0. The summed E-state index contributed by atoms with van der Waals surface area (Å²) in [5, 5.41) is 0. The zero-order valence-corrected chi connectivity index (χ0v) is 14.7. The molecule has 0 radical (unpaired) electrons. The molecule has 0 bridgehead atoms. The molecule has 7 heteroatoms. The van der Waals surface area contributed by atoms with Crippen LogP contribution in [0.15, 0.2) is 29.2 Å². The molecule has 0 aromatic heterocycles. The molecule has 0 heterocycles. The van der Waals surface area contributed by atoms with Crippen molar-refractivity contribution >= 4 is 29.1 Å². The third-order valence-electron chi connectivity index (χ3n) is 4.57. The molecule has 3 unspecified atom stereocenters. The summed E-state index contributed by atoms with van der Waals surface area (Å²) in [5.74, 6) is -2.05. The molecule has 1 aromatic rings. The molecule has 2 rings (SSSR count). The summed E-state index contributed by atoms with van der Waals surface area (Å²) < 4.78 is 37.6. The Balaban J connectivity index is 1.90. The van der Waals surface area contributed by atoms with Crippen molar-refractivity contribution in [2.24, 2.45) is 17.8 Å². The van der Waals surface area contributed by atoms with Gasteiger partial charge in [-0.2, -0.15) is 13.2 Å². The van der Waals surface area contributed by atoms with Gasteiger partial charge < -0.3 is 0 Å². The van der Waals surface area contributed by atoms with Gasteiger partial charge in [0.05, 0.1) is 5.56 Å². The van der Waals surface area contributed by atoms with Crippen LogP contribution >= 0.6 is 11.8 Å². The van der Waals surface area contributed by atoms with Crippen LogP contribution in [-0.2, 0) is 20.6 Å². The summed E-state index contributed by atoms with van der Waals surface area (Å²) in [6, 6.07) is 4.91. The van der Waals surface area contributed by atoms with Gasteiger partial charge in [-0.3, -0.25) is 14.4 Å². The number of Topliss-reactive ketones (excluding diaryl/α,β-unsaturated/α-hetero) is 3. The Bertz CT molecular complexity index is 667. The Morgan fingerprint density at radius 1 is 1.20 bits per heavy atom. The van der Waals surface area contributed by atoms with E-state index in [2.05, 4.69) is 0 Å². The predicted octanol–water partition coefficient (Wildman–Crippen LogP) is 4.19. The minimum atomic E-state index is -4.35. The van der Waals surface area contributed by atoms with E-state index < -0.39 is 23.4 Å². The van der Waals surface area contributed by atoms with Crippen LogP contribution in [0.2, 0.25) is 0 Å². The molecule has 0 N–H and O–H groups in total. The molecular formula is C18H19F3O3S. The van der Waals surface area contributed by atoms with E-state index in [1.54, 1.807) is 6.92 Å². The first-order valence-corrected chi connectivity index (χ1v) is 8.96. The second kappa shape index (κ2) is 7.72. The Labute approximate surface area is 148 Å². The average Bonchev–Trinajstić information content (AvgIpc) is 2.51. The van der Waals surface area contributed by atoms with Crippen LogP contribution in [0.1, 0.15) is 32.3 Å². The molecule has 3 atom stereocenters. The second-order valence-corrected chi connectivity index (χ2v) is 7.49. The SMILES string of the molecule is CC(=O)C1C(=O)CC(CCSc2ccc(C(F)(F)F)cc2)C(C)C1=O. The molecule has 136 valence electrons. The Hall–Kier alpha value is -1.63. The van der Waals surface area contributed by atoms with Crippen LogP contribution in [0.4, 0.5) is 13.2 Å². The number of hydrogen-bond donors (Lipinski definition) is 0. The third kappa shape index (κ3) is 4.71. The van der Waals surface area contributed by atoms with Gasteiger partial charge in [0.25, 0.3) is 0 Å². The number of carbonyl (C=O) groups is 3. The number of ketones is 3. The molecule has 1 fully saturated rings. The van der Waals surface area contributed by atoms with Gasteiger partial charge in [0.1, 0.15) is 11.7 Å². The molecule has 25 heavy (non-hydrogen) atoms. The first-order valence-electron chi connectivity index (χ1n) is 7.98. The van der Waals surface area contributed by atoms with Crippen molar-refractivity contribution in [2.45, 2.75) is 37.8 Å². The normalized spacial score (nSPS) is 24.4. The summed E-state index contributed by atoms with van der Waals surface area (Å²) in [6.45, 7) is 2.99. The van der Waals surface area contributed by atoms with Gasteiger partial charge in [0.2, 0.25) is 0 Å². The van der Waals surface area contributed by atoms with Gasteiger partial charge in [-0.1, -0.05) is 6.92 Å². The van der Waals surface area contributed by atoms with Crippen molar-refractivity contribution in [1.82, 2.24) is 0 Å². The smallest absolute Gasteiger partial charge is 0.299 e. The van der Waals surface area contributed by atoms with Gasteiger partial charge in [-0.25, -0.2) is 0 Å². The molecule has 1 aliphatic rings. The third-order valence-corrected chi connectivity index (χ3v) is 5.62. The average molecular weight is 372 g/mol. The van der Waals surface area contributed by atoms with Crippen LogP contribution in [0.5, 0.6) is 0 Å². The fourth-order valence-electron chi connectivity index (χ4n) is 3.05. The highest BCUT2D eigenvalue weighted by molar-refractivity contribution is 7.99. The lowest BCUT2D eigenvalue weighted by Crippen LogP contribution is -2.43. The largest absolute Gasteiger partial charge is 0.416 e. The molecule has 0 saturated heterocycles. The van der Waals surface area contributed by atoms with Gasteiger partial charge in [-0.15, -0.1) is 11.8 Å². The van der Waals surface area contributed by atoms with E-state index in [4.69, 9.17) is 0 Å². The number of rotatable bonds is 5. The lowest BCUT2D eigenvalue weighted by molar-refractivity contribution is -0.146. The second-order valence-electron chi connectivity index (χ2n) is 6.32. The molecule has 0 amide bonds. The van der Waals surface area contributed by atoms with Gasteiger partial charge in [-0.05, 0) is 49.3 Å². The van der Waals surface area contributed by atoms with E-state index in [-0.39, 0.29) is 29.8 Å². The first kappa shape index (κ1) is 19.7. The van der Waals surface area contributed by atoms with E-state index in [1.165, 1.54) is 30.8 Å². The fraction of sp³-hybridized carbons (Fsp3) is 0.500. The number of benzene rings is 1. The molecular weight excluding hydrogens is 353 g/mol. The fourth-order valence-corrected chi connectivity index (χ4v) is 4.04. The van der Waals surface area contributed by atoms with Crippen molar-refractivity contribution in [3.8, 4) is 0 Å². The maximum Gasteiger partial charge on any atom is 0.416 e. The molecule has 1 saturated carbocycles. The van der Waals surface area contributed by atoms with E-state index in [9.17, 15) is 27.6 Å². The number of thioether (sulfide) groups is 1. The standard InChI is InChI=1S/C18H19F3O3S/c1-10-12(9-15(23)16(11(2)22)17(10)24)7-8-25-14-5-3-13(4-6-14)18(19,20)21/h3-6,10,12,16H,7-9H2,1-2H3. The first-order chi connectivity index (χ1) is 11.6. The zero-order valence-electron chi connectivity index (χ0n) is 13.9.